The third kappa shape index (κ3) is 4.37. The first-order chi connectivity index (χ1) is 9.36. The van der Waals surface area contributed by atoms with Crippen molar-refractivity contribution in [1.29, 1.82) is 0 Å². The van der Waals surface area contributed by atoms with Gasteiger partial charge in [-0.25, -0.2) is 4.79 Å². The first-order valence-electron chi connectivity index (χ1n) is 7.34. The minimum absolute atomic E-state index is 0.154. The summed E-state index contributed by atoms with van der Waals surface area (Å²) in [6.45, 7) is 7.69. The number of amides is 2. The molecular formula is C14H27N3O3. The molecule has 1 rings (SSSR count). The Morgan fingerprint density at radius 2 is 1.85 bits per heavy atom. The van der Waals surface area contributed by atoms with Gasteiger partial charge in [0.05, 0.1) is 5.92 Å². The molecule has 116 valence electrons. The van der Waals surface area contributed by atoms with Gasteiger partial charge in [0.1, 0.15) is 0 Å². The zero-order valence-corrected chi connectivity index (χ0v) is 12.9. The lowest BCUT2D eigenvalue weighted by atomic mass is 10.0. The molecule has 2 amide bonds. The lowest BCUT2D eigenvalue weighted by Gasteiger charge is -2.42. The van der Waals surface area contributed by atoms with Crippen LogP contribution >= 0.6 is 0 Å². The summed E-state index contributed by atoms with van der Waals surface area (Å²) in [6.07, 6.45) is 1.39. The summed E-state index contributed by atoms with van der Waals surface area (Å²) >= 11 is 0. The Morgan fingerprint density at radius 1 is 1.30 bits per heavy atom. The van der Waals surface area contributed by atoms with Crippen LogP contribution in [0.3, 0.4) is 0 Å². The second kappa shape index (κ2) is 7.47. The van der Waals surface area contributed by atoms with Crippen molar-refractivity contribution >= 4 is 12.0 Å². The van der Waals surface area contributed by atoms with Crippen molar-refractivity contribution in [3.8, 4) is 0 Å². The number of rotatable bonds is 5. The molecule has 0 aromatic heterocycles. The Bertz CT molecular complexity index is 337. The van der Waals surface area contributed by atoms with E-state index in [-0.39, 0.29) is 12.6 Å². The van der Waals surface area contributed by atoms with E-state index < -0.39 is 11.9 Å². The summed E-state index contributed by atoms with van der Waals surface area (Å²) < 4.78 is 0. The van der Waals surface area contributed by atoms with Crippen LogP contribution in [-0.4, -0.2) is 65.7 Å². The summed E-state index contributed by atoms with van der Waals surface area (Å²) in [5.41, 5.74) is 0. The fraction of sp³-hybridized carbons (Fsp3) is 0.857. The van der Waals surface area contributed by atoms with E-state index >= 15 is 0 Å². The summed E-state index contributed by atoms with van der Waals surface area (Å²) in [5.74, 6) is -1.33. The molecular weight excluding hydrogens is 258 g/mol. The monoisotopic (exact) mass is 285 g/mol. The van der Waals surface area contributed by atoms with E-state index in [2.05, 4.69) is 31.1 Å². The van der Waals surface area contributed by atoms with Crippen LogP contribution in [0.5, 0.6) is 0 Å². The van der Waals surface area contributed by atoms with E-state index in [0.29, 0.717) is 31.6 Å². The number of urea groups is 1. The van der Waals surface area contributed by atoms with Crippen LogP contribution < -0.4 is 5.32 Å². The number of hydrogen-bond donors (Lipinski definition) is 2. The molecule has 3 atom stereocenters. The maximum atomic E-state index is 12.1. The second-order valence-corrected chi connectivity index (χ2v) is 5.78. The molecule has 1 saturated heterocycles. The summed E-state index contributed by atoms with van der Waals surface area (Å²) in [7, 11) is 2.06. The largest absolute Gasteiger partial charge is 0.481 e. The van der Waals surface area contributed by atoms with Crippen LogP contribution in [0.15, 0.2) is 0 Å². The van der Waals surface area contributed by atoms with Crippen molar-refractivity contribution in [2.45, 2.75) is 45.7 Å². The maximum Gasteiger partial charge on any atom is 0.317 e. The SMILES string of the molecule is CCCC(CNC(=O)N1CC(C)N(C)C(C)C1)C(=O)O. The lowest BCUT2D eigenvalue weighted by molar-refractivity contribution is -0.141. The topological polar surface area (TPSA) is 72.9 Å². The van der Waals surface area contributed by atoms with Crippen LogP contribution in [0.1, 0.15) is 33.6 Å². The average molecular weight is 285 g/mol. The number of carbonyl (C=O) groups excluding carboxylic acids is 1. The van der Waals surface area contributed by atoms with Crippen molar-refractivity contribution in [2.75, 3.05) is 26.7 Å². The van der Waals surface area contributed by atoms with Crippen molar-refractivity contribution in [1.82, 2.24) is 15.1 Å². The number of nitrogens with zero attached hydrogens (tertiary/aromatic N) is 2. The molecule has 1 heterocycles. The van der Waals surface area contributed by atoms with E-state index in [4.69, 9.17) is 5.11 Å². The first kappa shape index (κ1) is 16.8. The molecule has 0 aliphatic carbocycles. The van der Waals surface area contributed by atoms with Gasteiger partial charge in [0.2, 0.25) is 0 Å². The van der Waals surface area contributed by atoms with Crippen LogP contribution in [0.2, 0.25) is 0 Å². The molecule has 0 spiro atoms. The third-order valence-corrected chi connectivity index (χ3v) is 4.13. The Morgan fingerprint density at radius 3 is 2.30 bits per heavy atom. The number of hydrogen-bond acceptors (Lipinski definition) is 3. The van der Waals surface area contributed by atoms with Gasteiger partial charge in [-0.1, -0.05) is 13.3 Å². The molecule has 1 fully saturated rings. The number of nitrogens with one attached hydrogen (secondary N) is 1. The van der Waals surface area contributed by atoms with Gasteiger partial charge in [-0.15, -0.1) is 0 Å². The van der Waals surface area contributed by atoms with Gasteiger partial charge < -0.3 is 15.3 Å². The molecule has 0 radical (unpaired) electrons. The lowest BCUT2D eigenvalue weighted by Crippen LogP contribution is -2.58. The molecule has 6 heteroatoms. The average Bonchev–Trinajstić information content (AvgIpc) is 2.39. The summed E-state index contributed by atoms with van der Waals surface area (Å²) in [6, 6.07) is 0.477. The van der Waals surface area contributed by atoms with Gasteiger partial charge in [-0.05, 0) is 27.3 Å². The molecule has 0 aromatic rings. The molecule has 1 aliphatic heterocycles. The fourth-order valence-electron chi connectivity index (χ4n) is 2.55. The molecule has 1 aliphatic rings. The van der Waals surface area contributed by atoms with E-state index in [0.717, 1.165) is 6.42 Å². The number of carboxylic acids is 1. The molecule has 0 aromatic carbocycles. The Labute approximate surface area is 121 Å². The molecule has 0 saturated carbocycles. The number of aliphatic carboxylic acids is 1. The second-order valence-electron chi connectivity index (χ2n) is 5.78. The van der Waals surface area contributed by atoms with Crippen molar-refractivity contribution in [3.63, 3.8) is 0 Å². The fourth-order valence-corrected chi connectivity index (χ4v) is 2.55. The smallest absolute Gasteiger partial charge is 0.317 e. The molecule has 0 bridgehead atoms. The third-order valence-electron chi connectivity index (χ3n) is 4.13. The van der Waals surface area contributed by atoms with Gasteiger partial charge >= 0.3 is 12.0 Å². The van der Waals surface area contributed by atoms with Gasteiger partial charge in [-0.3, -0.25) is 9.69 Å². The van der Waals surface area contributed by atoms with Crippen molar-refractivity contribution in [3.05, 3.63) is 0 Å². The highest BCUT2D eigenvalue weighted by molar-refractivity contribution is 5.76. The van der Waals surface area contributed by atoms with E-state index in [9.17, 15) is 9.59 Å². The Hall–Kier alpha value is -1.30. The maximum absolute atomic E-state index is 12.1. The van der Waals surface area contributed by atoms with E-state index in [1.165, 1.54) is 0 Å². The molecule has 2 N–H and O–H groups in total. The van der Waals surface area contributed by atoms with Crippen LogP contribution in [0.25, 0.3) is 0 Å². The Balaban J connectivity index is 2.48. The quantitative estimate of drug-likeness (QED) is 0.796. The predicted molar refractivity (Wildman–Crippen MR) is 77.7 cm³/mol. The number of likely N-dealkylation sites (N-methyl/N-ethyl adjacent to an activating group) is 1. The van der Waals surface area contributed by atoms with Gasteiger partial charge in [0, 0.05) is 31.7 Å². The summed E-state index contributed by atoms with van der Waals surface area (Å²) in [5, 5.41) is 11.8. The highest BCUT2D eigenvalue weighted by Gasteiger charge is 2.29. The minimum atomic E-state index is -0.840. The zero-order valence-electron chi connectivity index (χ0n) is 12.9. The number of carboxylic acid groups (broad SMARTS) is 1. The highest BCUT2D eigenvalue weighted by Crippen LogP contribution is 2.13. The van der Waals surface area contributed by atoms with Gasteiger partial charge in [0.15, 0.2) is 0 Å². The van der Waals surface area contributed by atoms with Gasteiger partial charge in [0.25, 0.3) is 0 Å². The number of carbonyl (C=O) groups is 2. The molecule has 20 heavy (non-hydrogen) atoms. The number of piperazine rings is 1. The van der Waals surface area contributed by atoms with E-state index in [1.54, 1.807) is 4.90 Å². The highest BCUT2D eigenvalue weighted by atomic mass is 16.4. The molecule has 6 nitrogen and oxygen atoms in total. The minimum Gasteiger partial charge on any atom is -0.481 e. The van der Waals surface area contributed by atoms with Gasteiger partial charge in [-0.2, -0.15) is 0 Å². The molecule has 3 unspecified atom stereocenters. The standard InChI is InChI=1S/C14H27N3O3/c1-5-6-12(13(18)19)7-15-14(20)17-8-10(2)16(4)11(3)9-17/h10-12H,5-9H2,1-4H3,(H,15,20)(H,18,19). The Kier molecular flexibility index (Phi) is 6.26. The van der Waals surface area contributed by atoms with Crippen molar-refractivity contribution < 1.29 is 14.7 Å². The van der Waals surface area contributed by atoms with Crippen molar-refractivity contribution in [2.24, 2.45) is 5.92 Å². The van der Waals surface area contributed by atoms with Crippen LogP contribution in [0, 0.1) is 5.92 Å². The summed E-state index contributed by atoms with van der Waals surface area (Å²) in [4.78, 5) is 27.2. The predicted octanol–water partition coefficient (Wildman–Crippen LogP) is 1.22. The zero-order chi connectivity index (χ0) is 15.3. The first-order valence-corrected chi connectivity index (χ1v) is 7.34. The normalized spacial score (nSPS) is 25.3. The van der Waals surface area contributed by atoms with Crippen LogP contribution in [0.4, 0.5) is 4.79 Å². The van der Waals surface area contributed by atoms with Crippen LogP contribution in [-0.2, 0) is 4.79 Å². The van der Waals surface area contributed by atoms with E-state index in [1.807, 2.05) is 6.92 Å².